The second kappa shape index (κ2) is 11.0. The van der Waals surface area contributed by atoms with Gasteiger partial charge in [-0.1, -0.05) is 18.5 Å². The summed E-state index contributed by atoms with van der Waals surface area (Å²) in [5.74, 6) is 0.923. The second-order valence-electron chi connectivity index (χ2n) is 8.56. The molecule has 184 valence electrons. The summed E-state index contributed by atoms with van der Waals surface area (Å²) < 4.78 is 30.4. The van der Waals surface area contributed by atoms with Gasteiger partial charge in [0, 0.05) is 29.3 Å². The molecule has 1 unspecified atom stereocenters. The minimum atomic E-state index is -0.499. The lowest BCUT2D eigenvalue weighted by Crippen LogP contribution is -2.28. The number of aromatic nitrogens is 1. The van der Waals surface area contributed by atoms with E-state index in [0.717, 1.165) is 18.5 Å². The first kappa shape index (κ1) is 24.8. The summed E-state index contributed by atoms with van der Waals surface area (Å²) in [6.07, 6.45) is 3.47. The van der Waals surface area contributed by atoms with Crippen molar-refractivity contribution < 1.29 is 23.4 Å². The van der Waals surface area contributed by atoms with Crippen LogP contribution in [0.5, 0.6) is 17.2 Å². The Morgan fingerprint density at radius 1 is 1.09 bits per heavy atom. The monoisotopic (exact) mass is 498 g/mol. The highest BCUT2D eigenvalue weighted by Crippen LogP contribution is 2.34. The molecule has 2 aromatic carbocycles. The molecule has 1 aliphatic carbocycles. The number of carbonyl (C=O) groups excluding carboxylic acids is 1. The van der Waals surface area contributed by atoms with Crippen molar-refractivity contribution >= 4 is 17.5 Å². The molecule has 1 atom stereocenters. The Bertz CT molecular complexity index is 1220. The Hall–Kier alpha value is -3.32. The predicted molar refractivity (Wildman–Crippen MR) is 133 cm³/mol. The highest BCUT2D eigenvalue weighted by molar-refractivity contribution is 6.31. The highest BCUT2D eigenvalue weighted by atomic mass is 35.5. The van der Waals surface area contributed by atoms with Crippen molar-refractivity contribution in [3.8, 4) is 28.5 Å². The number of nitrogens with zero attached hydrogens (tertiary/aromatic N) is 1. The van der Waals surface area contributed by atoms with Gasteiger partial charge in [0.1, 0.15) is 17.3 Å². The Labute approximate surface area is 209 Å². The first-order valence-electron chi connectivity index (χ1n) is 11.5. The van der Waals surface area contributed by atoms with E-state index >= 15 is 0 Å². The number of ether oxygens (including phenoxy) is 3. The number of amides is 1. The Morgan fingerprint density at radius 3 is 2.49 bits per heavy atom. The molecule has 0 aliphatic heterocycles. The molecule has 8 heteroatoms. The number of benzene rings is 2. The summed E-state index contributed by atoms with van der Waals surface area (Å²) in [7, 11) is 3.11. The number of methoxy groups -OCH3 is 2. The molecular weight excluding hydrogens is 471 g/mol. The molecule has 1 fully saturated rings. The summed E-state index contributed by atoms with van der Waals surface area (Å²) in [4.78, 5) is 17.5. The third-order valence-corrected chi connectivity index (χ3v) is 6.43. The van der Waals surface area contributed by atoms with E-state index in [2.05, 4.69) is 5.32 Å². The van der Waals surface area contributed by atoms with Gasteiger partial charge in [-0.05, 0) is 67.8 Å². The van der Waals surface area contributed by atoms with Crippen LogP contribution in [0.3, 0.4) is 0 Å². The molecule has 35 heavy (non-hydrogen) atoms. The van der Waals surface area contributed by atoms with Gasteiger partial charge in [0.2, 0.25) is 0 Å². The minimum Gasteiger partial charge on any atom is -0.494 e. The summed E-state index contributed by atoms with van der Waals surface area (Å²) in [6, 6.07) is 13.3. The number of halogens is 2. The molecule has 0 radical (unpaired) electrons. The van der Waals surface area contributed by atoms with E-state index in [0.29, 0.717) is 40.6 Å². The molecule has 3 aromatic rings. The van der Waals surface area contributed by atoms with Crippen molar-refractivity contribution in [2.24, 2.45) is 0 Å². The van der Waals surface area contributed by atoms with Gasteiger partial charge in [0.25, 0.3) is 5.91 Å². The Balaban J connectivity index is 1.45. The topological polar surface area (TPSA) is 69.7 Å². The molecule has 0 spiro atoms. The van der Waals surface area contributed by atoms with Crippen LogP contribution < -0.4 is 19.5 Å². The van der Waals surface area contributed by atoms with Gasteiger partial charge in [-0.2, -0.15) is 0 Å². The van der Waals surface area contributed by atoms with Crippen molar-refractivity contribution in [2.45, 2.75) is 38.2 Å². The zero-order valence-corrected chi connectivity index (χ0v) is 20.7. The second-order valence-corrected chi connectivity index (χ2v) is 8.97. The zero-order valence-electron chi connectivity index (χ0n) is 19.9. The van der Waals surface area contributed by atoms with Crippen LogP contribution >= 0.6 is 11.6 Å². The fourth-order valence-corrected chi connectivity index (χ4v) is 3.96. The van der Waals surface area contributed by atoms with Gasteiger partial charge in [0.05, 0.1) is 25.3 Å². The van der Waals surface area contributed by atoms with E-state index in [1.54, 1.807) is 44.6 Å². The lowest BCUT2D eigenvalue weighted by Gasteiger charge is -2.27. The Kier molecular flexibility index (Phi) is 7.76. The fraction of sp³-hybridized carbons (Fsp3) is 0.333. The molecular formula is C27H28ClFN2O4. The number of hydrogen-bond acceptors (Lipinski definition) is 5. The summed E-state index contributed by atoms with van der Waals surface area (Å²) in [5.41, 5.74) is 2.43. The third-order valence-electron chi connectivity index (χ3n) is 6.14. The highest BCUT2D eigenvalue weighted by Gasteiger charge is 2.22. The van der Waals surface area contributed by atoms with Crippen LogP contribution in [0.15, 0.2) is 48.5 Å². The van der Waals surface area contributed by atoms with Crippen LogP contribution in [0.4, 0.5) is 4.39 Å². The quantitative estimate of drug-likeness (QED) is 0.390. The van der Waals surface area contributed by atoms with Crippen LogP contribution in [0.25, 0.3) is 11.3 Å². The molecule has 1 amide bonds. The van der Waals surface area contributed by atoms with Crippen molar-refractivity contribution in [1.82, 2.24) is 10.3 Å². The molecule has 1 heterocycles. The van der Waals surface area contributed by atoms with E-state index in [1.165, 1.54) is 18.6 Å². The van der Waals surface area contributed by atoms with Crippen molar-refractivity contribution in [2.75, 3.05) is 20.8 Å². The number of pyridine rings is 1. The van der Waals surface area contributed by atoms with Crippen molar-refractivity contribution in [3.63, 3.8) is 0 Å². The summed E-state index contributed by atoms with van der Waals surface area (Å²) in [5, 5.41) is 2.97. The minimum absolute atomic E-state index is 0.0107. The first-order chi connectivity index (χ1) is 16.9. The molecule has 0 bridgehead atoms. The van der Waals surface area contributed by atoms with Gasteiger partial charge in [-0.3, -0.25) is 4.79 Å². The van der Waals surface area contributed by atoms with Gasteiger partial charge in [-0.25, -0.2) is 9.37 Å². The molecule has 1 aromatic heterocycles. The Morgan fingerprint density at radius 2 is 1.83 bits per heavy atom. The standard InChI is InChI=1S/C27H28ClFN2O4/c1-16(22-10-12-24(33-2)26(31-22)17-7-9-21(29)20(28)13-17)15-30-27(32)18-8-11-23(25(14-18)34-3)35-19-5-4-6-19/h7-14,16,19H,4-6,15H2,1-3H3,(H,30,32). The molecule has 4 rings (SSSR count). The van der Waals surface area contributed by atoms with Crippen molar-refractivity contribution in [1.29, 1.82) is 0 Å². The van der Waals surface area contributed by atoms with Gasteiger partial charge < -0.3 is 19.5 Å². The van der Waals surface area contributed by atoms with E-state index in [4.69, 9.17) is 30.8 Å². The lowest BCUT2D eigenvalue weighted by molar-refractivity contribution is 0.0950. The smallest absolute Gasteiger partial charge is 0.251 e. The average molecular weight is 499 g/mol. The van der Waals surface area contributed by atoms with Crippen LogP contribution in [-0.2, 0) is 0 Å². The average Bonchev–Trinajstić information content (AvgIpc) is 2.85. The van der Waals surface area contributed by atoms with Gasteiger partial charge in [-0.15, -0.1) is 0 Å². The van der Waals surface area contributed by atoms with E-state index in [9.17, 15) is 9.18 Å². The SMILES string of the molecule is COc1cc(C(=O)NCC(C)c2ccc(OC)c(-c3ccc(F)c(Cl)c3)n2)ccc1OC1CCC1. The molecule has 1 aliphatic rings. The molecule has 1 saturated carbocycles. The summed E-state index contributed by atoms with van der Waals surface area (Å²) in [6.45, 7) is 2.33. The lowest BCUT2D eigenvalue weighted by atomic mass is 9.96. The maximum absolute atomic E-state index is 13.6. The van der Waals surface area contributed by atoms with Crippen molar-refractivity contribution in [3.05, 3.63) is 70.6 Å². The number of carbonyl (C=O) groups is 1. The van der Waals surface area contributed by atoms with E-state index in [1.807, 2.05) is 13.0 Å². The predicted octanol–water partition coefficient (Wildman–Crippen LogP) is 6.02. The largest absolute Gasteiger partial charge is 0.494 e. The molecule has 1 N–H and O–H groups in total. The molecule has 0 saturated heterocycles. The number of nitrogens with one attached hydrogen (secondary N) is 1. The van der Waals surface area contributed by atoms with Gasteiger partial charge in [0.15, 0.2) is 11.5 Å². The number of rotatable bonds is 9. The fourth-order valence-electron chi connectivity index (χ4n) is 3.78. The normalized spacial score (nSPS) is 14.1. The van der Waals surface area contributed by atoms with Crippen LogP contribution in [0, 0.1) is 5.82 Å². The first-order valence-corrected chi connectivity index (χ1v) is 11.9. The van der Waals surface area contributed by atoms with E-state index in [-0.39, 0.29) is 23.0 Å². The molecule has 6 nitrogen and oxygen atoms in total. The van der Waals surface area contributed by atoms with E-state index < -0.39 is 5.82 Å². The van der Waals surface area contributed by atoms with Crippen LogP contribution in [0.1, 0.15) is 48.2 Å². The zero-order chi connectivity index (χ0) is 24.9. The van der Waals surface area contributed by atoms with Crippen LogP contribution in [0.2, 0.25) is 5.02 Å². The third kappa shape index (κ3) is 5.68. The van der Waals surface area contributed by atoms with Gasteiger partial charge >= 0.3 is 0 Å². The summed E-state index contributed by atoms with van der Waals surface area (Å²) >= 11 is 5.96. The van der Waals surface area contributed by atoms with Crippen LogP contribution in [-0.4, -0.2) is 37.8 Å². The number of hydrogen-bond donors (Lipinski definition) is 1. The maximum atomic E-state index is 13.6. The maximum Gasteiger partial charge on any atom is 0.251 e.